The lowest BCUT2D eigenvalue weighted by atomic mass is 10.2. The monoisotopic (exact) mass is 226 g/mol. The number of carbonyl (C=O) groups is 1. The van der Waals surface area contributed by atoms with Gasteiger partial charge in [0.25, 0.3) is 0 Å². The molecule has 0 aliphatic rings. The Hall–Kier alpha value is -1.00. The number of carboxylic acid groups (broad SMARTS) is 1. The first-order chi connectivity index (χ1) is 7.22. The predicted molar refractivity (Wildman–Crippen MR) is 60.4 cm³/mol. The van der Waals surface area contributed by atoms with E-state index in [4.69, 9.17) is 9.84 Å². The van der Waals surface area contributed by atoms with Crippen LogP contribution in [0.25, 0.3) is 0 Å². The van der Waals surface area contributed by atoms with Crippen molar-refractivity contribution in [2.24, 2.45) is 0 Å². The van der Waals surface area contributed by atoms with E-state index in [0.29, 0.717) is 0 Å². The van der Waals surface area contributed by atoms with Gasteiger partial charge in [0.1, 0.15) is 0 Å². The van der Waals surface area contributed by atoms with Crippen LogP contribution in [0.3, 0.4) is 0 Å². The minimum atomic E-state index is -0.796. The van der Waals surface area contributed by atoms with Crippen LogP contribution < -0.4 is 0 Å². The Balaban J connectivity index is 2.45. The second kappa shape index (κ2) is 6.48. The summed E-state index contributed by atoms with van der Waals surface area (Å²) in [7, 11) is 1.68. The molecule has 1 aromatic rings. The highest BCUT2D eigenvalue weighted by molar-refractivity contribution is 7.99. The minimum absolute atomic E-state index is 0.0863. The molecule has 1 rings (SSSR count). The highest BCUT2D eigenvalue weighted by atomic mass is 32.2. The van der Waals surface area contributed by atoms with E-state index in [0.717, 1.165) is 22.8 Å². The highest BCUT2D eigenvalue weighted by Crippen LogP contribution is 2.18. The van der Waals surface area contributed by atoms with E-state index in [1.54, 1.807) is 18.9 Å². The van der Waals surface area contributed by atoms with E-state index in [2.05, 4.69) is 0 Å². The number of rotatable bonds is 6. The van der Waals surface area contributed by atoms with Gasteiger partial charge in [0.2, 0.25) is 0 Å². The number of hydrogen-bond acceptors (Lipinski definition) is 3. The molecule has 0 bridgehead atoms. The molecule has 15 heavy (non-hydrogen) atoms. The average molecular weight is 226 g/mol. The molecule has 1 aromatic carbocycles. The summed E-state index contributed by atoms with van der Waals surface area (Å²) < 4.78 is 4.94. The van der Waals surface area contributed by atoms with Crippen LogP contribution in [0, 0.1) is 0 Å². The number of benzene rings is 1. The molecule has 0 heterocycles. The fourth-order valence-corrected chi connectivity index (χ4v) is 1.94. The Morgan fingerprint density at radius 2 is 2.07 bits per heavy atom. The van der Waals surface area contributed by atoms with Crippen LogP contribution in [-0.2, 0) is 16.0 Å². The van der Waals surface area contributed by atoms with Gasteiger partial charge < -0.3 is 9.84 Å². The van der Waals surface area contributed by atoms with Crippen molar-refractivity contribution in [2.45, 2.75) is 11.3 Å². The first kappa shape index (κ1) is 12.1. The zero-order chi connectivity index (χ0) is 11.1. The van der Waals surface area contributed by atoms with E-state index in [1.165, 1.54) is 0 Å². The maximum absolute atomic E-state index is 10.4. The smallest absolute Gasteiger partial charge is 0.307 e. The molecule has 0 aliphatic heterocycles. The molecule has 1 N–H and O–H groups in total. The van der Waals surface area contributed by atoms with Crippen molar-refractivity contribution < 1.29 is 14.6 Å². The van der Waals surface area contributed by atoms with Crippen molar-refractivity contribution in [2.75, 3.05) is 19.5 Å². The SMILES string of the molecule is COCCSc1ccc(CC(=O)O)cc1. The predicted octanol–water partition coefficient (Wildman–Crippen LogP) is 2.05. The van der Waals surface area contributed by atoms with Crippen molar-refractivity contribution >= 4 is 17.7 Å². The standard InChI is InChI=1S/C11H14O3S/c1-14-6-7-15-10-4-2-9(3-5-10)8-11(12)13/h2-5H,6-8H2,1H3,(H,12,13). The summed E-state index contributed by atoms with van der Waals surface area (Å²) in [4.78, 5) is 11.6. The largest absolute Gasteiger partial charge is 0.481 e. The van der Waals surface area contributed by atoms with Gasteiger partial charge in [0, 0.05) is 17.8 Å². The van der Waals surface area contributed by atoms with Crippen LogP contribution >= 0.6 is 11.8 Å². The average Bonchev–Trinajstić information content (AvgIpc) is 2.20. The third-order valence-electron chi connectivity index (χ3n) is 1.83. The molecular weight excluding hydrogens is 212 g/mol. The molecule has 3 nitrogen and oxygen atoms in total. The zero-order valence-electron chi connectivity index (χ0n) is 8.60. The third kappa shape index (κ3) is 4.85. The van der Waals surface area contributed by atoms with E-state index in [9.17, 15) is 4.79 Å². The van der Waals surface area contributed by atoms with Gasteiger partial charge in [0.05, 0.1) is 13.0 Å². The maximum atomic E-state index is 10.4. The fraction of sp³-hybridized carbons (Fsp3) is 0.364. The summed E-state index contributed by atoms with van der Waals surface area (Å²) in [6.45, 7) is 0.724. The summed E-state index contributed by atoms with van der Waals surface area (Å²) in [5, 5.41) is 8.59. The van der Waals surface area contributed by atoms with Gasteiger partial charge >= 0.3 is 5.97 Å². The molecule has 0 saturated carbocycles. The van der Waals surface area contributed by atoms with Crippen LogP contribution in [0.4, 0.5) is 0 Å². The number of methoxy groups -OCH3 is 1. The van der Waals surface area contributed by atoms with E-state index in [-0.39, 0.29) is 6.42 Å². The van der Waals surface area contributed by atoms with Gasteiger partial charge in [-0.15, -0.1) is 11.8 Å². The molecule has 0 saturated heterocycles. The van der Waals surface area contributed by atoms with Crippen molar-refractivity contribution in [1.29, 1.82) is 0 Å². The van der Waals surface area contributed by atoms with Crippen molar-refractivity contribution in [1.82, 2.24) is 0 Å². The van der Waals surface area contributed by atoms with Crippen LogP contribution in [0.15, 0.2) is 29.2 Å². The zero-order valence-corrected chi connectivity index (χ0v) is 9.42. The number of aliphatic carboxylic acids is 1. The van der Waals surface area contributed by atoms with Gasteiger partial charge in [0.15, 0.2) is 0 Å². The van der Waals surface area contributed by atoms with Gasteiger partial charge in [-0.1, -0.05) is 12.1 Å². The quantitative estimate of drug-likeness (QED) is 0.595. The molecule has 0 spiro atoms. The number of ether oxygens (including phenoxy) is 1. The molecule has 0 unspecified atom stereocenters. The van der Waals surface area contributed by atoms with E-state index >= 15 is 0 Å². The molecule has 0 fully saturated rings. The Kier molecular flexibility index (Phi) is 5.21. The molecular formula is C11H14O3S. The van der Waals surface area contributed by atoms with E-state index < -0.39 is 5.97 Å². The first-order valence-electron chi connectivity index (χ1n) is 4.65. The van der Waals surface area contributed by atoms with Gasteiger partial charge in [-0.25, -0.2) is 0 Å². The second-order valence-electron chi connectivity index (χ2n) is 3.06. The van der Waals surface area contributed by atoms with Crippen LogP contribution in [0.5, 0.6) is 0 Å². The summed E-state index contributed by atoms with van der Waals surface area (Å²) in [5.74, 6) is 0.115. The summed E-state index contributed by atoms with van der Waals surface area (Å²) in [6, 6.07) is 7.59. The summed E-state index contributed by atoms with van der Waals surface area (Å²) >= 11 is 1.70. The number of carboxylic acids is 1. The molecule has 0 aliphatic carbocycles. The second-order valence-corrected chi connectivity index (χ2v) is 4.22. The van der Waals surface area contributed by atoms with Crippen molar-refractivity contribution in [3.8, 4) is 0 Å². The van der Waals surface area contributed by atoms with Crippen LogP contribution in [0.1, 0.15) is 5.56 Å². The topological polar surface area (TPSA) is 46.5 Å². The lowest BCUT2D eigenvalue weighted by molar-refractivity contribution is -0.136. The number of thioether (sulfide) groups is 1. The van der Waals surface area contributed by atoms with Crippen molar-refractivity contribution in [3.05, 3.63) is 29.8 Å². The lowest BCUT2D eigenvalue weighted by Gasteiger charge is -2.02. The van der Waals surface area contributed by atoms with Gasteiger partial charge in [-0.2, -0.15) is 0 Å². The van der Waals surface area contributed by atoms with Crippen molar-refractivity contribution in [3.63, 3.8) is 0 Å². The van der Waals surface area contributed by atoms with E-state index in [1.807, 2.05) is 24.3 Å². The normalized spacial score (nSPS) is 10.2. The molecule has 0 radical (unpaired) electrons. The Labute approximate surface area is 93.4 Å². The summed E-state index contributed by atoms with van der Waals surface area (Å²) in [5.41, 5.74) is 0.832. The third-order valence-corrected chi connectivity index (χ3v) is 2.81. The minimum Gasteiger partial charge on any atom is -0.481 e. The molecule has 0 atom stereocenters. The van der Waals surface area contributed by atoms with Crippen LogP contribution in [-0.4, -0.2) is 30.5 Å². The highest BCUT2D eigenvalue weighted by Gasteiger charge is 2.00. The van der Waals surface area contributed by atoms with Crippen LogP contribution in [0.2, 0.25) is 0 Å². The molecule has 82 valence electrons. The van der Waals surface area contributed by atoms with Gasteiger partial charge in [-0.3, -0.25) is 4.79 Å². The Morgan fingerprint density at radius 1 is 1.40 bits per heavy atom. The maximum Gasteiger partial charge on any atom is 0.307 e. The Morgan fingerprint density at radius 3 is 2.60 bits per heavy atom. The molecule has 0 aromatic heterocycles. The Bertz CT molecular complexity index is 308. The summed E-state index contributed by atoms with van der Waals surface area (Å²) in [6.07, 6.45) is 0.0863. The molecule has 4 heteroatoms. The lowest BCUT2D eigenvalue weighted by Crippen LogP contribution is -1.99. The van der Waals surface area contributed by atoms with Gasteiger partial charge in [-0.05, 0) is 17.7 Å². The fourth-order valence-electron chi connectivity index (χ4n) is 1.12. The molecule has 0 amide bonds. The first-order valence-corrected chi connectivity index (χ1v) is 5.63. The number of hydrogen-bond donors (Lipinski definition) is 1.